The summed E-state index contributed by atoms with van der Waals surface area (Å²) in [5, 5.41) is 3.47. The van der Waals surface area contributed by atoms with Crippen LogP contribution in [0.5, 0.6) is 0 Å². The summed E-state index contributed by atoms with van der Waals surface area (Å²) in [6.07, 6.45) is 10.3. The first-order valence-electron chi connectivity index (χ1n) is 8.76. The number of nitrogens with zero attached hydrogens (tertiary/aromatic N) is 1. The Balaban J connectivity index is 1.38. The van der Waals surface area contributed by atoms with Crippen LogP contribution in [0.2, 0.25) is 0 Å². The number of amides is 2. The van der Waals surface area contributed by atoms with Gasteiger partial charge in [0.1, 0.15) is 0 Å². The molecule has 1 saturated heterocycles. The molecule has 4 aliphatic carbocycles. The van der Waals surface area contributed by atoms with Crippen LogP contribution in [0, 0.1) is 17.8 Å². The monoisotopic (exact) mass is 292 g/mol. The zero-order chi connectivity index (χ0) is 14.4. The van der Waals surface area contributed by atoms with Crippen LogP contribution in [0.15, 0.2) is 0 Å². The van der Waals surface area contributed by atoms with Crippen LogP contribution < -0.4 is 5.32 Å². The van der Waals surface area contributed by atoms with E-state index in [1.165, 1.54) is 38.5 Å². The molecular weight excluding hydrogens is 264 g/mol. The standard InChI is InChI=1S/C17H28N2O2/c1-21-15-2-4-19(5-3-15)16(20)18-17-9-12-6-13(10-17)8-14(7-12)11-17/h12-15H,2-11H2,1H3,(H,18,20). The molecule has 4 saturated carbocycles. The highest BCUT2D eigenvalue weighted by atomic mass is 16.5. The number of rotatable bonds is 2. The van der Waals surface area contributed by atoms with Crippen LogP contribution in [0.4, 0.5) is 4.79 Å². The Morgan fingerprint density at radius 3 is 2.05 bits per heavy atom. The topological polar surface area (TPSA) is 41.6 Å². The van der Waals surface area contributed by atoms with E-state index in [0.717, 1.165) is 43.7 Å². The van der Waals surface area contributed by atoms with Gasteiger partial charge in [-0.05, 0) is 69.1 Å². The van der Waals surface area contributed by atoms with E-state index in [1.807, 2.05) is 4.90 Å². The lowest BCUT2D eigenvalue weighted by molar-refractivity contribution is -0.0173. The second-order valence-electron chi connectivity index (χ2n) is 8.05. The van der Waals surface area contributed by atoms with Crippen molar-refractivity contribution in [3.63, 3.8) is 0 Å². The molecule has 21 heavy (non-hydrogen) atoms. The van der Waals surface area contributed by atoms with E-state index in [9.17, 15) is 4.79 Å². The maximum absolute atomic E-state index is 12.7. The molecule has 5 aliphatic rings. The summed E-state index contributed by atoms with van der Waals surface area (Å²) in [7, 11) is 1.77. The van der Waals surface area contributed by atoms with Gasteiger partial charge in [0.2, 0.25) is 0 Å². The van der Waals surface area contributed by atoms with Crippen LogP contribution in [-0.4, -0.2) is 42.8 Å². The summed E-state index contributed by atoms with van der Waals surface area (Å²) in [6, 6.07) is 0.187. The molecule has 2 amide bonds. The average molecular weight is 292 g/mol. The Hall–Kier alpha value is -0.770. The van der Waals surface area contributed by atoms with Crippen molar-refractivity contribution in [3.05, 3.63) is 0 Å². The van der Waals surface area contributed by atoms with E-state index in [0.29, 0.717) is 6.10 Å². The summed E-state index contributed by atoms with van der Waals surface area (Å²) >= 11 is 0. The minimum Gasteiger partial charge on any atom is -0.381 e. The first-order valence-corrected chi connectivity index (χ1v) is 8.76. The highest BCUT2D eigenvalue weighted by Gasteiger charge is 2.51. The molecule has 0 unspecified atom stereocenters. The molecule has 4 bridgehead atoms. The van der Waals surface area contributed by atoms with Gasteiger partial charge in [0, 0.05) is 25.7 Å². The molecule has 4 nitrogen and oxygen atoms in total. The molecule has 0 aromatic rings. The van der Waals surface area contributed by atoms with E-state index < -0.39 is 0 Å². The fraction of sp³-hybridized carbons (Fsp3) is 0.941. The minimum atomic E-state index is 0.143. The van der Waals surface area contributed by atoms with Crippen molar-refractivity contribution >= 4 is 6.03 Å². The van der Waals surface area contributed by atoms with E-state index in [2.05, 4.69) is 5.32 Å². The Labute approximate surface area is 127 Å². The lowest BCUT2D eigenvalue weighted by atomic mass is 9.53. The Bertz CT molecular complexity index is 380. The number of carbonyl (C=O) groups excluding carboxylic acids is 1. The average Bonchev–Trinajstić information content (AvgIpc) is 2.45. The number of methoxy groups -OCH3 is 1. The summed E-state index contributed by atoms with van der Waals surface area (Å²) in [5.41, 5.74) is 0.143. The third-order valence-electron chi connectivity index (χ3n) is 6.47. The molecule has 0 radical (unpaired) electrons. The third-order valence-corrected chi connectivity index (χ3v) is 6.47. The first-order chi connectivity index (χ1) is 10.2. The quantitative estimate of drug-likeness (QED) is 0.850. The number of nitrogens with one attached hydrogen (secondary N) is 1. The van der Waals surface area contributed by atoms with Crippen LogP contribution in [-0.2, 0) is 4.74 Å². The molecular formula is C17H28N2O2. The third kappa shape index (κ3) is 2.56. The zero-order valence-electron chi connectivity index (χ0n) is 13.1. The van der Waals surface area contributed by atoms with Gasteiger partial charge >= 0.3 is 6.03 Å². The molecule has 118 valence electrons. The number of carbonyl (C=O) groups is 1. The molecule has 5 rings (SSSR count). The highest BCUT2D eigenvalue weighted by Crippen LogP contribution is 2.55. The van der Waals surface area contributed by atoms with Gasteiger partial charge in [0.25, 0.3) is 0 Å². The fourth-order valence-corrected chi connectivity index (χ4v) is 5.86. The van der Waals surface area contributed by atoms with E-state index in [4.69, 9.17) is 4.74 Å². The largest absolute Gasteiger partial charge is 0.381 e. The van der Waals surface area contributed by atoms with Crippen LogP contribution in [0.1, 0.15) is 51.4 Å². The maximum atomic E-state index is 12.7. The number of urea groups is 1. The normalized spacial score (nSPS) is 42.3. The number of piperidine rings is 1. The molecule has 4 heteroatoms. The zero-order valence-corrected chi connectivity index (χ0v) is 13.1. The number of hydrogen-bond donors (Lipinski definition) is 1. The number of hydrogen-bond acceptors (Lipinski definition) is 2. The molecule has 0 aromatic heterocycles. The van der Waals surface area contributed by atoms with Gasteiger partial charge in [-0.3, -0.25) is 0 Å². The van der Waals surface area contributed by atoms with Gasteiger partial charge in [-0.1, -0.05) is 0 Å². The Morgan fingerprint density at radius 1 is 1.05 bits per heavy atom. The van der Waals surface area contributed by atoms with Gasteiger partial charge in [-0.25, -0.2) is 4.79 Å². The minimum absolute atomic E-state index is 0.143. The highest BCUT2D eigenvalue weighted by molar-refractivity contribution is 5.75. The molecule has 5 fully saturated rings. The summed E-state index contributed by atoms with van der Waals surface area (Å²) in [4.78, 5) is 14.7. The smallest absolute Gasteiger partial charge is 0.317 e. The summed E-state index contributed by atoms with van der Waals surface area (Å²) < 4.78 is 5.39. The molecule has 1 N–H and O–H groups in total. The Morgan fingerprint density at radius 2 is 1.57 bits per heavy atom. The number of likely N-dealkylation sites (tertiary alicyclic amines) is 1. The van der Waals surface area contributed by atoms with Crippen molar-refractivity contribution in [2.45, 2.75) is 63.0 Å². The van der Waals surface area contributed by atoms with E-state index in [1.54, 1.807) is 7.11 Å². The molecule has 0 spiro atoms. The van der Waals surface area contributed by atoms with Crippen molar-refractivity contribution in [1.82, 2.24) is 10.2 Å². The van der Waals surface area contributed by atoms with Crippen molar-refractivity contribution in [1.29, 1.82) is 0 Å². The predicted molar refractivity (Wildman–Crippen MR) is 81.0 cm³/mol. The summed E-state index contributed by atoms with van der Waals surface area (Å²) in [5.74, 6) is 2.65. The summed E-state index contributed by atoms with van der Waals surface area (Å²) in [6.45, 7) is 1.69. The second-order valence-corrected chi connectivity index (χ2v) is 8.05. The van der Waals surface area contributed by atoms with Gasteiger partial charge < -0.3 is 15.0 Å². The lowest BCUT2D eigenvalue weighted by Gasteiger charge is -2.57. The van der Waals surface area contributed by atoms with Crippen LogP contribution >= 0.6 is 0 Å². The predicted octanol–water partition coefficient (Wildman–Crippen LogP) is 2.78. The fourth-order valence-electron chi connectivity index (χ4n) is 5.86. The van der Waals surface area contributed by atoms with Crippen molar-refractivity contribution < 1.29 is 9.53 Å². The van der Waals surface area contributed by atoms with Gasteiger partial charge in [-0.15, -0.1) is 0 Å². The van der Waals surface area contributed by atoms with Crippen LogP contribution in [0.25, 0.3) is 0 Å². The van der Waals surface area contributed by atoms with Crippen molar-refractivity contribution in [2.24, 2.45) is 17.8 Å². The van der Waals surface area contributed by atoms with Gasteiger partial charge in [-0.2, -0.15) is 0 Å². The molecule has 1 aliphatic heterocycles. The second kappa shape index (κ2) is 5.15. The maximum Gasteiger partial charge on any atom is 0.317 e. The first kappa shape index (κ1) is 13.9. The Kier molecular flexibility index (Phi) is 3.40. The van der Waals surface area contributed by atoms with Crippen molar-refractivity contribution in [3.8, 4) is 0 Å². The van der Waals surface area contributed by atoms with E-state index >= 15 is 0 Å². The van der Waals surface area contributed by atoms with Gasteiger partial charge in [0.15, 0.2) is 0 Å². The lowest BCUT2D eigenvalue weighted by Crippen LogP contribution is -2.62. The van der Waals surface area contributed by atoms with Crippen molar-refractivity contribution in [2.75, 3.05) is 20.2 Å². The number of ether oxygens (including phenoxy) is 1. The molecule has 0 atom stereocenters. The molecule has 0 aromatic carbocycles. The van der Waals surface area contributed by atoms with E-state index in [-0.39, 0.29) is 11.6 Å². The van der Waals surface area contributed by atoms with Crippen LogP contribution in [0.3, 0.4) is 0 Å². The van der Waals surface area contributed by atoms with Gasteiger partial charge in [0.05, 0.1) is 6.10 Å². The molecule has 1 heterocycles. The SMILES string of the molecule is COC1CCN(C(=O)NC23CC4CC(CC(C4)C2)C3)CC1.